The van der Waals surface area contributed by atoms with Gasteiger partial charge in [-0.3, -0.25) is 9.59 Å². The van der Waals surface area contributed by atoms with Crippen LogP contribution < -0.4 is 10.6 Å². The van der Waals surface area contributed by atoms with Crippen molar-refractivity contribution < 1.29 is 253 Å². The fourth-order valence-electron chi connectivity index (χ4n) is 15.1. The number of hydrogen-bond acceptors (Lipinski definition) is 51. The Balaban J connectivity index is 0.921. The van der Waals surface area contributed by atoms with Gasteiger partial charge < -0.3 is 254 Å². The van der Waals surface area contributed by atoms with Crippen LogP contribution in [0.15, 0.2) is 0 Å². The monoisotopic (exact) mass is 1720 g/mol. The average molecular weight is 1720 g/mol. The van der Waals surface area contributed by atoms with Crippen LogP contribution in [0.1, 0.15) is 13.8 Å². The van der Waals surface area contributed by atoms with E-state index in [0.29, 0.717) is 0 Å². The van der Waals surface area contributed by atoms with Crippen molar-refractivity contribution in [3.8, 4) is 0 Å². The lowest BCUT2D eigenvalue weighted by molar-refractivity contribution is -0.413. The molecule has 0 aliphatic carbocycles. The van der Waals surface area contributed by atoms with Crippen LogP contribution in [0.3, 0.4) is 0 Å². The number of carbonyl (C=O) groups is 2. The Morgan fingerprint density at radius 2 is 0.462 bits per heavy atom. The summed E-state index contributed by atoms with van der Waals surface area (Å²) in [6.45, 7) is -9.16. The van der Waals surface area contributed by atoms with E-state index in [2.05, 4.69) is 10.6 Å². The van der Waals surface area contributed by atoms with Gasteiger partial charge in [-0.25, -0.2) is 0 Å². The molecule has 10 heterocycles. The van der Waals surface area contributed by atoms with Crippen LogP contribution in [0.4, 0.5) is 0 Å². The lowest BCUT2D eigenvalue weighted by Crippen LogP contribution is -2.70. The van der Waals surface area contributed by atoms with E-state index >= 15 is 0 Å². The Labute approximate surface area is 660 Å². The van der Waals surface area contributed by atoms with Gasteiger partial charge in [-0.05, 0) is 0 Å². The highest BCUT2D eigenvalue weighted by Gasteiger charge is 2.62. The van der Waals surface area contributed by atoms with E-state index < -0.39 is 385 Å². The van der Waals surface area contributed by atoms with Gasteiger partial charge in [-0.1, -0.05) is 0 Å². The van der Waals surface area contributed by atoms with Gasteiger partial charge in [0.05, 0.1) is 66.1 Å². The van der Waals surface area contributed by atoms with E-state index in [1.165, 1.54) is 0 Å². The zero-order valence-electron chi connectivity index (χ0n) is 61.9. The lowest BCUT2D eigenvalue weighted by Gasteiger charge is -2.51. The van der Waals surface area contributed by atoms with Crippen molar-refractivity contribution in [1.82, 2.24) is 10.6 Å². The van der Waals surface area contributed by atoms with Crippen molar-refractivity contribution in [1.29, 1.82) is 0 Å². The standard InChI is InChI=1S/C64H108N2O51/c1-13(76)65-25-35(86)47(22(10-74)100-55(25)98)110-56-26(66-14(2)77)36(87)48(23(11-75)108-56)111-61-46(97)51(34(85)24(109-61)12-99-57-42(93)37(88)27(78)15(3-67)101-57)114-63-54(41(92)31(82)18(6-70)106-63)117-64-53(40(91)30(81)19(7-71)107-64)116-60-44(95)49(32(83)20(8-72)104-60)112-59-45(96)50(33(84)21(9-73)103-59)113-62-52(39(90)29(80)17(5-69)105-62)115-58-43(94)38(89)28(79)16(4-68)102-58/h15-64,67-75,78-98H,3-12H2,1-2H3,(H,65,76)(H,66,77)/t15-,16-,17-,18-,19-,20-,21-,22-,23-,24-,25-,26-,27-,28-,29-,30-,31-,32-,33-,34-,35-,36-,37+,38+,39+,40+,41+,42+,43-,44-,45-,46+,47-,48-,49+,50+,51+,52-,53+,54+,55-,56+,57+,58-,59-,60-,61+,62-,63-,64-/m1/s1. The number of hydrogen-bond donors (Lipinski definition) is 32. The molecule has 10 aliphatic rings. The molecular formula is C64H108N2O51. The van der Waals surface area contributed by atoms with E-state index in [1.807, 2.05) is 0 Å². The van der Waals surface area contributed by atoms with E-state index in [4.69, 9.17) is 90.0 Å². The summed E-state index contributed by atoms with van der Waals surface area (Å²) in [5.41, 5.74) is 0. The number of carbonyl (C=O) groups excluding carboxylic acids is 2. The number of aliphatic hydroxyl groups excluding tert-OH is 30. The number of rotatable bonds is 30. The van der Waals surface area contributed by atoms with Gasteiger partial charge in [0.1, 0.15) is 244 Å². The highest BCUT2D eigenvalue weighted by molar-refractivity contribution is 5.73. The van der Waals surface area contributed by atoms with Gasteiger partial charge in [0.25, 0.3) is 0 Å². The van der Waals surface area contributed by atoms with Crippen molar-refractivity contribution in [2.75, 3.05) is 66.1 Å². The molecule has 10 aliphatic heterocycles. The Kier molecular flexibility index (Phi) is 34.4. The van der Waals surface area contributed by atoms with Gasteiger partial charge in [0, 0.05) is 13.8 Å². The smallest absolute Gasteiger partial charge is 0.217 e. The molecular weight excluding hydrogens is 1610 g/mol. The van der Waals surface area contributed by atoms with Crippen LogP contribution in [0.2, 0.25) is 0 Å². The SMILES string of the molecule is CC(=O)N[C@@H]1[C@@H](O)[C@H](O[C@@H]2O[C@H](CO)[C@@H](O[C@@H]3O[C@H](CO[C@H]4O[C@H](CO)[C@@H](O)[C@H](O)[C@@H]4O)[C@@H](O)[C@H](O[C@H]4O[C@H](CO)[C@@H](O)[C@H](O)[C@@H]4O[C@H]4O[C@H](CO)[C@@H](O)[C@H](O)[C@@H]4O[C@H]4O[C@H](CO)[C@@H](O)[C@H](O[C@H]5O[C@H](CO)[C@@H](O)[C@H](O[C@H]6O[C@H](CO)[C@@H](O)[C@H](O)[C@H]6O[C@H]6O[C@H](CO)[C@@H](O)[C@H](O)[C@H]6O)[C@H]5O)[C@H]4O)[C@@H]3O)[C@H](O)[C@H]2NC(C)=O)[C@@H](CO)O[C@H]1O. The van der Waals surface area contributed by atoms with E-state index in [9.17, 15) is 163 Å². The average Bonchev–Trinajstić information content (AvgIpc) is 0.769. The molecule has 0 radical (unpaired) electrons. The first kappa shape index (κ1) is 96.2. The number of amides is 2. The van der Waals surface area contributed by atoms with Gasteiger partial charge in [0.2, 0.25) is 11.8 Å². The second-order valence-corrected chi connectivity index (χ2v) is 29.5. The number of aliphatic hydroxyl groups is 30. The summed E-state index contributed by atoms with van der Waals surface area (Å²) in [4.78, 5) is 25.0. The van der Waals surface area contributed by atoms with Crippen LogP contribution in [-0.2, 0) is 99.6 Å². The topological polar surface area (TPSA) is 840 Å². The minimum absolute atomic E-state index is 0.782. The van der Waals surface area contributed by atoms with Crippen molar-refractivity contribution in [2.24, 2.45) is 0 Å². The van der Waals surface area contributed by atoms with Crippen LogP contribution >= 0.6 is 0 Å². The first-order valence-corrected chi connectivity index (χ1v) is 37.2. The third-order valence-corrected chi connectivity index (χ3v) is 21.7. The van der Waals surface area contributed by atoms with Crippen LogP contribution in [0.25, 0.3) is 0 Å². The summed E-state index contributed by atoms with van der Waals surface area (Å²) in [5.74, 6) is -1.71. The molecule has 0 aromatic rings. The molecule has 10 rings (SSSR count). The number of nitrogens with one attached hydrogen (secondary N) is 2. The molecule has 117 heavy (non-hydrogen) atoms. The van der Waals surface area contributed by atoms with Gasteiger partial charge in [0.15, 0.2) is 62.9 Å². The summed E-state index contributed by atoms with van der Waals surface area (Å²) in [7, 11) is 0. The Hall–Kier alpha value is -3.02. The third kappa shape index (κ3) is 20.6. The largest absolute Gasteiger partial charge is 0.394 e. The zero-order chi connectivity index (χ0) is 85.9. The second kappa shape index (κ2) is 41.9. The molecule has 2 amide bonds. The van der Waals surface area contributed by atoms with Gasteiger partial charge >= 0.3 is 0 Å². The second-order valence-electron chi connectivity index (χ2n) is 29.5. The molecule has 10 fully saturated rings. The Morgan fingerprint density at radius 3 is 0.829 bits per heavy atom. The maximum absolute atomic E-state index is 12.9. The van der Waals surface area contributed by atoms with Crippen LogP contribution in [-0.4, -0.2) is 538 Å². The molecule has 0 saturated carbocycles. The third-order valence-electron chi connectivity index (χ3n) is 21.7. The van der Waals surface area contributed by atoms with Gasteiger partial charge in [-0.2, -0.15) is 0 Å². The quantitative estimate of drug-likeness (QED) is 0.0318. The summed E-state index contributed by atoms with van der Waals surface area (Å²) in [5, 5.41) is 337. The van der Waals surface area contributed by atoms with E-state index in [-0.39, 0.29) is 0 Å². The first-order valence-electron chi connectivity index (χ1n) is 37.2. The molecule has 32 N–H and O–H groups in total. The Bertz CT molecular complexity index is 3050. The van der Waals surface area contributed by atoms with E-state index in [1.54, 1.807) is 0 Å². The first-order chi connectivity index (χ1) is 55.5. The Morgan fingerprint density at radius 1 is 0.222 bits per heavy atom. The van der Waals surface area contributed by atoms with Crippen molar-refractivity contribution in [3.63, 3.8) is 0 Å². The molecule has 50 atom stereocenters. The summed E-state index contributed by atoms with van der Waals surface area (Å²) in [6, 6.07) is -3.53. The predicted octanol–water partition coefficient (Wildman–Crippen LogP) is -22.5. The normalized spacial score (nSPS) is 51.5. The molecule has 0 bridgehead atoms. The lowest BCUT2D eigenvalue weighted by atomic mass is 9.94. The maximum atomic E-state index is 12.9. The number of ether oxygens (including phenoxy) is 19. The maximum Gasteiger partial charge on any atom is 0.217 e. The molecule has 53 heteroatoms. The highest BCUT2D eigenvalue weighted by Crippen LogP contribution is 2.41. The van der Waals surface area contributed by atoms with Crippen molar-refractivity contribution in [3.05, 3.63) is 0 Å². The molecule has 0 aromatic carbocycles. The van der Waals surface area contributed by atoms with Crippen molar-refractivity contribution >= 4 is 11.8 Å². The predicted molar refractivity (Wildman–Crippen MR) is 353 cm³/mol. The fraction of sp³-hybridized carbons (Fsp3) is 0.969. The van der Waals surface area contributed by atoms with Gasteiger partial charge in [-0.15, -0.1) is 0 Å². The van der Waals surface area contributed by atoms with Crippen LogP contribution in [0, 0.1) is 0 Å². The minimum atomic E-state index is -2.55. The molecule has 0 spiro atoms. The highest BCUT2D eigenvalue weighted by atomic mass is 16.8. The van der Waals surface area contributed by atoms with E-state index in [0.717, 1.165) is 13.8 Å². The summed E-state index contributed by atoms with van der Waals surface area (Å²) >= 11 is 0. The summed E-state index contributed by atoms with van der Waals surface area (Å²) in [6.07, 6.45) is -103. The van der Waals surface area contributed by atoms with Crippen LogP contribution in [0.5, 0.6) is 0 Å². The molecule has 53 nitrogen and oxygen atoms in total. The fourth-order valence-corrected chi connectivity index (χ4v) is 15.1. The molecule has 680 valence electrons. The minimum Gasteiger partial charge on any atom is -0.394 e. The molecule has 0 aromatic heterocycles. The molecule has 10 saturated heterocycles. The van der Waals surface area contributed by atoms with Crippen molar-refractivity contribution in [2.45, 2.75) is 321 Å². The zero-order valence-corrected chi connectivity index (χ0v) is 61.9. The summed E-state index contributed by atoms with van der Waals surface area (Å²) < 4.78 is 111. The molecule has 0 unspecified atom stereocenters.